The summed E-state index contributed by atoms with van der Waals surface area (Å²) < 4.78 is 0. The minimum atomic E-state index is 0.258. The summed E-state index contributed by atoms with van der Waals surface area (Å²) in [4.78, 5) is 24.0. The summed E-state index contributed by atoms with van der Waals surface area (Å²) in [5.41, 5.74) is 2.38. The fourth-order valence-electron chi connectivity index (χ4n) is 3.28. The van der Waals surface area contributed by atoms with Crippen LogP contribution in [0.3, 0.4) is 0 Å². The fourth-order valence-corrected chi connectivity index (χ4v) is 4.14. The lowest BCUT2D eigenvalue weighted by Gasteiger charge is -2.19. The maximum Gasteiger partial charge on any atom is 0.222 e. The molecule has 1 aromatic carbocycles. The first kappa shape index (κ1) is 20.3. The highest BCUT2D eigenvalue weighted by molar-refractivity contribution is 7.11. The number of hydrogen-bond acceptors (Lipinski definition) is 4. The van der Waals surface area contributed by atoms with Crippen molar-refractivity contribution in [3.63, 3.8) is 0 Å². The lowest BCUT2D eigenvalue weighted by molar-refractivity contribution is -0.128. The average molecular weight is 400 g/mol. The third-order valence-electron chi connectivity index (χ3n) is 4.90. The molecule has 1 aromatic heterocycles. The zero-order valence-electron chi connectivity index (χ0n) is 16.7. The molecule has 7 heteroatoms. The summed E-state index contributed by atoms with van der Waals surface area (Å²) in [5.74, 6) is 1.04. The molecule has 0 atom stereocenters. The van der Waals surface area contributed by atoms with Crippen molar-refractivity contribution in [2.45, 2.75) is 45.7 Å². The molecule has 1 amide bonds. The number of likely N-dealkylation sites (tertiary alicyclic amines) is 1. The number of amides is 1. The molecule has 0 radical (unpaired) electrons. The van der Waals surface area contributed by atoms with Crippen LogP contribution in [0.4, 0.5) is 0 Å². The highest BCUT2D eigenvalue weighted by atomic mass is 32.1. The van der Waals surface area contributed by atoms with Crippen LogP contribution < -0.4 is 10.6 Å². The molecule has 28 heavy (non-hydrogen) atoms. The van der Waals surface area contributed by atoms with E-state index in [1.54, 1.807) is 18.4 Å². The Kier molecular flexibility index (Phi) is 7.42. The first-order chi connectivity index (χ1) is 13.7. The van der Waals surface area contributed by atoms with E-state index in [2.05, 4.69) is 39.7 Å². The van der Waals surface area contributed by atoms with Crippen LogP contribution in [-0.4, -0.2) is 41.9 Å². The van der Waals surface area contributed by atoms with Crippen molar-refractivity contribution in [1.29, 1.82) is 0 Å². The Morgan fingerprint density at radius 2 is 2.11 bits per heavy atom. The van der Waals surface area contributed by atoms with Gasteiger partial charge >= 0.3 is 0 Å². The van der Waals surface area contributed by atoms with Gasteiger partial charge < -0.3 is 15.5 Å². The molecule has 3 rings (SSSR count). The summed E-state index contributed by atoms with van der Waals surface area (Å²) in [5, 5.41) is 7.89. The van der Waals surface area contributed by atoms with Crippen LogP contribution in [0.15, 0.2) is 35.5 Å². The van der Waals surface area contributed by atoms with E-state index in [0.717, 1.165) is 43.3 Å². The molecule has 0 bridgehead atoms. The molecule has 1 fully saturated rings. The molecular formula is C21H29N5OS. The first-order valence-corrected chi connectivity index (χ1v) is 10.7. The number of aryl methyl sites for hydroxylation is 1. The zero-order valence-corrected chi connectivity index (χ0v) is 17.5. The predicted molar refractivity (Wildman–Crippen MR) is 114 cm³/mol. The Labute approximate surface area is 171 Å². The van der Waals surface area contributed by atoms with Crippen molar-refractivity contribution in [3.05, 3.63) is 51.5 Å². The molecule has 6 nitrogen and oxygen atoms in total. The van der Waals surface area contributed by atoms with Gasteiger partial charge in [0.25, 0.3) is 0 Å². The fraction of sp³-hybridized carbons (Fsp3) is 0.476. The molecule has 0 spiro atoms. The van der Waals surface area contributed by atoms with Gasteiger partial charge in [-0.05, 0) is 24.0 Å². The van der Waals surface area contributed by atoms with E-state index >= 15 is 0 Å². The van der Waals surface area contributed by atoms with Crippen molar-refractivity contribution in [2.24, 2.45) is 4.99 Å². The van der Waals surface area contributed by atoms with Gasteiger partial charge in [0.05, 0.1) is 5.01 Å². The second-order valence-electron chi connectivity index (χ2n) is 6.86. The normalized spacial score (nSPS) is 14.6. The Balaban J connectivity index is 1.50. The van der Waals surface area contributed by atoms with Crippen molar-refractivity contribution >= 4 is 23.2 Å². The maximum atomic E-state index is 11.9. The number of carbonyl (C=O) groups excluding carboxylic acids is 1. The number of nitrogens with one attached hydrogen (secondary N) is 2. The smallest absolute Gasteiger partial charge is 0.222 e. The quantitative estimate of drug-likeness (QED) is 0.529. The summed E-state index contributed by atoms with van der Waals surface area (Å²) >= 11 is 1.78. The van der Waals surface area contributed by atoms with Gasteiger partial charge in [0, 0.05) is 57.1 Å². The van der Waals surface area contributed by atoms with E-state index in [1.807, 2.05) is 23.2 Å². The summed E-state index contributed by atoms with van der Waals surface area (Å²) in [6.45, 7) is 5.17. The first-order valence-electron chi connectivity index (χ1n) is 9.92. The van der Waals surface area contributed by atoms with Gasteiger partial charge in [0.1, 0.15) is 0 Å². The number of guanidine groups is 1. The van der Waals surface area contributed by atoms with E-state index in [4.69, 9.17) is 0 Å². The van der Waals surface area contributed by atoms with Crippen LogP contribution in [0, 0.1) is 0 Å². The van der Waals surface area contributed by atoms with Crippen molar-refractivity contribution < 1.29 is 4.79 Å². The van der Waals surface area contributed by atoms with Gasteiger partial charge in [0.2, 0.25) is 5.91 Å². The van der Waals surface area contributed by atoms with E-state index in [0.29, 0.717) is 19.5 Å². The lowest BCUT2D eigenvalue weighted by atomic mass is 10.1. The molecule has 2 heterocycles. The van der Waals surface area contributed by atoms with Gasteiger partial charge in [-0.2, -0.15) is 0 Å². The average Bonchev–Trinajstić information content (AvgIpc) is 3.34. The molecule has 1 aliphatic heterocycles. The van der Waals surface area contributed by atoms with Crippen LogP contribution in [0.2, 0.25) is 0 Å². The van der Waals surface area contributed by atoms with Gasteiger partial charge in [0.15, 0.2) is 5.96 Å². The summed E-state index contributed by atoms with van der Waals surface area (Å²) in [6.07, 6.45) is 5.54. The van der Waals surface area contributed by atoms with Gasteiger partial charge in [-0.15, -0.1) is 11.3 Å². The third kappa shape index (κ3) is 5.55. The zero-order chi connectivity index (χ0) is 19.8. The van der Waals surface area contributed by atoms with Gasteiger partial charge in [-0.25, -0.2) is 4.98 Å². The molecule has 2 N–H and O–H groups in total. The highest BCUT2D eigenvalue weighted by Crippen LogP contribution is 2.17. The van der Waals surface area contributed by atoms with Crippen molar-refractivity contribution in [3.8, 4) is 0 Å². The van der Waals surface area contributed by atoms with Crippen LogP contribution in [0.1, 0.15) is 40.8 Å². The minimum Gasteiger partial charge on any atom is -0.356 e. The molecule has 150 valence electrons. The van der Waals surface area contributed by atoms with Crippen LogP contribution in [0.25, 0.3) is 0 Å². The van der Waals surface area contributed by atoms with Gasteiger partial charge in [-0.1, -0.05) is 31.2 Å². The number of thiazole rings is 1. The Hall–Kier alpha value is -2.41. The summed E-state index contributed by atoms with van der Waals surface area (Å²) in [7, 11) is 1.78. The number of aliphatic imine (C=N–C) groups is 1. The molecular weight excluding hydrogens is 370 g/mol. The van der Waals surface area contributed by atoms with E-state index in [9.17, 15) is 4.79 Å². The van der Waals surface area contributed by atoms with Crippen molar-refractivity contribution in [1.82, 2.24) is 20.5 Å². The SMILES string of the molecule is CCc1cnc(CCNC(=NC)NCc2ccccc2CN2CCCC2=O)s1. The van der Waals surface area contributed by atoms with Gasteiger partial charge in [-0.3, -0.25) is 9.79 Å². The number of carbonyl (C=O) groups is 1. The Bertz CT molecular complexity index is 817. The molecule has 1 saturated heterocycles. The maximum absolute atomic E-state index is 11.9. The van der Waals surface area contributed by atoms with Crippen LogP contribution in [-0.2, 0) is 30.7 Å². The number of benzene rings is 1. The topological polar surface area (TPSA) is 69.6 Å². The standard InChI is InChI=1S/C21H29N5OS/c1-3-18-14-24-19(28-18)10-11-23-21(22-2)25-13-16-7-4-5-8-17(16)15-26-12-6-9-20(26)27/h4-5,7-8,14H,3,6,9-13,15H2,1-2H3,(H2,22,23,25). The second kappa shape index (κ2) is 10.2. The lowest BCUT2D eigenvalue weighted by Crippen LogP contribution is -2.38. The summed E-state index contributed by atoms with van der Waals surface area (Å²) in [6, 6.07) is 8.28. The highest BCUT2D eigenvalue weighted by Gasteiger charge is 2.20. The Morgan fingerprint density at radius 3 is 2.79 bits per heavy atom. The second-order valence-corrected chi connectivity index (χ2v) is 8.06. The Morgan fingerprint density at radius 1 is 1.29 bits per heavy atom. The van der Waals surface area contributed by atoms with Crippen molar-refractivity contribution in [2.75, 3.05) is 20.1 Å². The van der Waals surface area contributed by atoms with Crippen LogP contribution in [0.5, 0.6) is 0 Å². The van der Waals surface area contributed by atoms with E-state index in [-0.39, 0.29) is 5.91 Å². The number of nitrogens with zero attached hydrogens (tertiary/aromatic N) is 3. The number of hydrogen-bond donors (Lipinski definition) is 2. The third-order valence-corrected chi connectivity index (χ3v) is 6.10. The molecule has 0 unspecified atom stereocenters. The number of aromatic nitrogens is 1. The molecule has 1 aliphatic rings. The molecule has 2 aromatic rings. The molecule has 0 aliphatic carbocycles. The predicted octanol–water partition coefficient (Wildman–Crippen LogP) is 2.74. The monoisotopic (exact) mass is 399 g/mol. The number of rotatable bonds is 8. The van der Waals surface area contributed by atoms with E-state index in [1.165, 1.54) is 16.0 Å². The molecule has 0 saturated carbocycles. The minimum absolute atomic E-state index is 0.258. The van der Waals surface area contributed by atoms with E-state index < -0.39 is 0 Å². The largest absolute Gasteiger partial charge is 0.356 e. The van der Waals surface area contributed by atoms with Crippen LogP contribution >= 0.6 is 11.3 Å².